The molecule has 1 aliphatic heterocycles. The molecule has 74 valence electrons. The molecule has 2 rings (SSSR count). The monoisotopic (exact) mass is 189 g/mol. The lowest BCUT2D eigenvalue weighted by Gasteiger charge is -2.08. The van der Waals surface area contributed by atoms with E-state index in [-0.39, 0.29) is 0 Å². The number of hydrogen-bond acceptors (Lipinski definition) is 2. The Morgan fingerprint density at radius 3 is 2.93 bits per heavy atom. The first-order valence-corrected chi connectivity index (χ1v) is 4.91. The number of allylic oxidation sites excluding steroid dienone is 2. The average molecular weight is 189 g/mol. The highest BCUT2D eigenvalue weighted by Crippen LogP contribution is 2.16. The zero-order chi connectivity index (χ0) is 9.97. The number of dihydropyridines is 1. The van der Waals surface area contributed by atoms with Crippen molar-refractivity contribution in [1.29, 1.82) is 0 Å². The van der Waals surface area contributed by atoms with Gasteiger partial charge in [0.05, 0.1) is 6.20 Å². The molecule has 0 saturated heterocycles. The first-order chi connectivity index (χ1) is 6.77. The SMILES string of the molecule is CC(C)n1cc(C2=CC=CNC2)cn1. The highest BCUT2D eigenvalue weighted by atomic mass is 15.3. The fraction of sp³-hybridized carbons (Fsp3) is 0.364. The van der Waals surface area contributed by atoms with Crippen molar-refractivity contribution in [2.45, 2.75) is 19.9 Å². The van der Waals surface area contributed by atoms with Gasteiger partial charge in [-0.15, -0.1) is 0 Å². The van der Waals surface area contributed by atoms with Gasteiger partial charge in [0.25, 0.3) is 0 Å². The Labute approximate surface area is 84.1 Å². The molecule has 0 aromatic carbocycles. The van der Waals surface area contributed by atoms with E-state index in [1.165, 1.54) is 11.1 Å². The normalized spacial score (nSPS) is 15.5. The van der Waals surface area contributed by atoms with E-state index < -0.39 is 0 Å². The van der Waals surface area contributed by atoms with E-state index >= 15 is 0 Å². The molecule has 3 heteroatoms. The first kappa shape index (κ1) is 9.06. The summed E-state index contributed by atoms with van der Waals surface area (Å²) in [6, 6.07) is 0.427. The van der Waals surface area contributed by atoms with Gasteiger partial charge < -0.3 is 5.32 Å². The van der Waals surface area contributed by atoms with E-state index in [2.05, 4.69) is 36.5 Å². The molecule has 0 fully saturated rings. The number of hydrogen-bond donors (Lipinski definition) is 1. The Morgan fingerprint density at radius 2 is 2.36 bits per heavy atom. The molecule has 14 heavy (non-hydrogen) atoms. The summed E-state index contributed by atoms with van der Waals surface area (Å²) in [4.78, 5) is 0. The number of aromatic nitrogens is 2. The minimum absolute atomic E-state index is 0.427. The average Bonchev–Trinajstić information content (AvgIpc) is 2.68. The maximum atomic E-state index is 4.31. The molecule has 0 aliphatic carbocycles. The van der Waals surface area contributed by atoms with Crippen LogP contribution >= 0.6 is 0 Å². The molecular formula is C11H15N3. The number of nitrogens with one attached hydrogen (secondary N) is 1. The molecule has 0 unspecified atom stereocenters. The van der Waals surface area contributed by atoms with Gasteiger partial charge in [-0.1, -0.05) is 6.08 Å². The van der Waals surface area contributed by atoms with Crippen molar-refractivity contribution < 1.29 is 0 Å². The Hall–Kier alpha value is -1.51. The van der Waals surface area contributed by atoms with Crippen molar-refractivity contribution in [3.63, 3.8) is 0 Å². The molecule has 3 nitrogen and oxygen atoms in total. The molecule has 0 radical (unpaired) electrons. The van der Waals surface area contributed by atoms with Gasteiger partial charge in [0.2, 0.25) is 0 Å². The van der Waals surface area contributed by atoms with Gasteiger partial charge in [0.15, 0.2) is 0 Å². The number of rotatable bonds is 2. The van der Waals surface area contributed by atoms with Crippen molar-refractivity contribution in [1.82, 2.24) is 15.1 Å². The smallest absolute Gasteiger partial charge is 0.0565 e. The Balaban J connectivity index is 2.24. The van der Waals surface area contributed by atoms with Gasteiger partial charge in [-0.05, 0) is 31.7 Å². The third-order valence-corrected chi connectivity index (χ3v) is 2.31. The second-order valence-electron chi connectivity index (χ2n) is 3.73. The lowest BCUT2D eigenvalue weighted by atomic mass is 10.1. The largest absolute Gasteiger partial charge is 0.387 e. The van der Waals surface area contributed by atoms with Gasteiger partial charge in [-0.25, -0.2) is 0 Å². The van der Waals surface area contributed by atoms with E-state index in [0.29, 0.717) is 6.04 Å². The van der Waals surface area contributed by atoms with Gasteiger partial charge in [0, 0.05) is 24.3 Å². The van der Waals surface area contributed by atoms with E-state index in [1.54, 1.807) is 0 Å². The van der Waals surface area contributed by atoms with Crippen LogP contribution in [0.3, 0.4) is 0 Å². The van der Waals surface area contributed by atoms with E-state index in [0.717, 1.165) is 6.54 Å². The Kier molecular flexibility index (Phi) is 2.39. The highest BCUT2D eigenvalue weighted by Gasteiger charge is 2.06. The molecule has 1 N–H and O–H groups in total. The molecule has 2 heterocycles. The van der Waals surface area contributed by atoms with Crippen LogP contribution in [0, 0.1) is 0 Å². The molecule has 1 aromatic rings. The minimum atomic E-state index is 0.427. The summed E-state index contributed by atoms with van der Waals surface area (Å²) in [5, 5.41) is 7.50. The van der Waals surface area contributed by atoms with Gasteiger partial charge >= 0.3 is 0 Å². The Bertz CT molecular complexity index is 372. The van der Waals surface area contributed by atoms with Crippen molar-refractivity contribution in [2.24, 2.45) is 0 Å². The topological polar surface area (TPSA) is 29.9 Å². The van der Waals surface area contributed by atoms with Crippen molar-refractivity contribution >= 4 is 5.57 Å². The maximum Gasteiger partial charge on any atom is 0.0565 e. The molecule has 0 atom stereocenters. The van der Waals surface area contributed by atoms with E-state index in [9.17, 15) is 0 Å². The van der Waals surface area contributed by atoms with Crippen LogP contribution in [0.5, 0.6) is 0 Å². The summed E-state index contributed by atoms with van der Waals surface area (Å²) in [5.74, 6) is 0. The standard InChI is InChI=1S/C11H15N3/c1-9(2)14-8-11(7-13-14)10-4-3-5-12-6-10/h3-5,7-9,12H,6H2,1-2H3. The molecule has 1 aliphatic rings. The number of nitrogens with zero attached hydrogens (tertiary/aromatic N) is 2. The minimum Gasteiger partial charge on any atom is -0.387 e. The quantitative estimate of drug-likeness (QED) is 0.770. The maximum absolute atomic E-state index is 4.31. The third kappa shape index (κ3) is 1.71. The first-order valence-electron chi connectivity index (χ1n) is 4.91. The molecule has 0 amide bonds. The summed E-state index contributed by atoms with van der Waals surface area (Å²) in [7, 11) is 0. The van der Waals surface area contributed by atoms with E-state index in [4.69, 9.17) is 0 Å². The highest BCUT2D eigenvalue weighted by molar-refractivity contribution is 5.68. The zero-order valence-corrected chi connectivity index (χ0v) is 8.57. The molecule has 0 spiro atoms. The second-order valence-corrected chi connectivity index (χ2v) is 3.73. The van der Waals surface area contributed by atoms with Crippen LogP contribution < -0.4 is 5.32 Å². The fourth-order valence-corrected chi connectivity index (χ4v) is 1.44. The van der Waals surface area contributed by atoms with Crippen LogP contribution in [0.25, 0.3) is 5.57 Å². The summed E-state index contributed by atoms with van der Waals surface area (Å²) in [5.41, 5.74) is 2.50. The zero-order valence-electron chi connectivity index (χ0n) is 8.57. The second kappa shape index (κ2) is 3.70. The molecule has 0 saturated carbocycles. The van der Waals surface area contributed by atoms with Crippen LogP contribution in [-0.2, 0) is 0 Å². The molecule has 0 bridgehead atoms. The van der Waals surface area contributed by atoms with Gasteiger partial charge in [0.1, 0.15) is 0 Å². The summed E-state index contributed by atoms with van der Waals surface area (Å²) >= 11 is 0. The lowest BCUT2D eigenvalue weighted by molar-refractivity contribution is 0.532. The molecule has 1 aromatic heterocycles. The summed E-state index contributed by atoms with van der Waals surface area (Å²) < 4.78 is 1.98. The van der Waals surface area contributed by atoms with Gasteiger partial charge in [-0.2, -0.15) is 5.10 Å². The summed E-state index contributed by atoms with van der Waals surface area (Å²) in [6.45, 7) is 5.15. The summed E-state index contributed by atoms with van der Waals surface area (Å²) in [6.07, 6.45) is 10.1. The predicted molar refractivity (Wildman–Crippen MR) is 57.7 cm³/mol. The van der Waals surface area contributed by atoms with Crippen molar-refractivity contribution in [3.05, 3.63) is 36.3 Å². The molecular weight excluding hydrogens is 174 g/mol. The third-order valence-electron chi connectivity index (χ3n) is 2.31. The Morgan fingerprint density at radius 1 is 1.50 bits per heavy atom. The van der Waals surface area contributed by atoms with Crippen LogP contribution in [0.1, 0.15) is 25.5 Å². The van der Waals surface area contributed by atoms with E-state index in [1.807, 2.05) is 23.2 Å². The van der Waals surface area contributed by atoms with Crippen molar-refractivity contribution in [2.75, 3.05) is 6.54 Å². The van der Waals surface area contributed by atoms with Crippen LogP contribution in [0.15, 0.2) is 30.7 Å². The fourth-order valence-electron chi connectivity index (χ4n) is 1.44. The van der Waals surface area contributed by atoms with Gasteiger partial charge in [-0.3, -0.25) is 4.68 Å². The van der Waals surface area contributed by atoms with Crippen molar-refractivity contribution in [3.8, 4) is 0 Å². The lowest BCUT2D eigenvalue weighted by Crippen LogP contribution is -2.11. The predicted octanol–water partition coefficient (Wildman–Crippen LogP) is 1.96. The van der Waals surface area contributed by atoms with Crippen LogP contribution in [0.4, 0.5) is 0 Å². The van der Waals surface area contributed by atoms with Crippen LogP contribution in [-0.4, -0.2) is 16.3 Å². The van der Waals surface area contributed by atoms with Crippen LogP contribution in [0.2, 0.25) is 0 Å².